The molecule has 1 aliphatic heterocycles. The molecule has 1 saturated heterocycles. The molecule has 1 aromatic carbocycles. The number of hydrogen-bond acceptors (Lipinski definition) is 5. The van der Waals surface area contributed by atoms with Gasteiger partial charge in [0.25, 0.3) is 5.91 Å². The molecule has 7 heteroatoms. The van der Waals surface area contributed by atoms with Gasteiger partial charge >= 0.3 is 0 Å². The molecule has 7 nitrogen and oxygen atoms in total. The molecular formula is C16H22N2O5. The van der Waals surface area contributed by atoms with Crippen molar-refractivity contribution in [1.29, 1.82) is 0 Å². The minimum Gasteiger partial charge on any atom is -0.497 e. The molecule has 1 fully saturated rings. The summed E-state index contributed by atoms with van der Waals surface area (Å²) in [6.07, 6.45) is 0. The van der Waals surface area contributed by atoms with Gasteiger partial charge in [-0.1, -0.05) is 0 Å². The lowest BCUT2D eigenvalue weighted by Gasteiger charge is -2.18. The van der Waals surface area contributed by atoms with Gasteiger partial charge in [0, 0.05) is 38.6 Å². The molecule has 0 aromatic heterocycles. The Morgan fingerprint density at radius 3 is 2.61 bits per heavy atom. The molecule has 23 heavy (non-hydrogen) atoms. The molecule has 2 amide bonds. The Kier molecular flexibility index (Phi) is 5.44. The number of likely N-dealkylation sites (tertiary alicyclic amines) is 1. The van der Waals surface area contributed by atoms with Crippen molar-refractivity contribution in [2.45, 2.75) is 13.0 Å². The van der Waals surface area contributed by atoms with E-state index in [-0.39, 0.29) is 30.4 Å². The smallest absolute Gasteiger partial charge is 0.257 e. The molecule has 1 aliphatic rings. The van der Waals surface area contributed by atoms with E-state index in [0.29, 0.717) is 30.2 Å². The number of benzene rings is 1. The first-order valence-electron chi connectivity index (χ1n) is 7.39. The Hall–Kier alpha value is -2.28. The maximum Gasteiger partial charge on any atom is 0.257 e. The third-order valence-corrected chi connectivity index (χ3v) is 3.99. The van der Waals surface area contributed by atoms with Crippen molar-refractivity contribution in [3.05, 3.63) is 23.8 Å². The van der Waals surface area contributed by atoms with E-state index >= 15 is 0 Å². The van der Waals surface area contributed by atoms with Crippen LogP contribution in [0.3, 0.4) is 0 Å². The van der Waals surface area contributed by atoms with Gasteiger partial charge < -0.3 is 24.8 Å². The molecule has 1 heterocycles. The molecule has 2 rings (SSSR count). The number of nitrogens with one attached hydrogen (secondary N) is 1. The van der Waals surface area contributed by atoms with E-state index in [2.05, 4.69) is 5.32 Å². The topological polar surface area (TPSA) is 88.1 Å². The minimum absolute atomic E-state index is 0.0888. The highest BCUT2D eigenvalue weighted by Crippen LogP contribution is 2.27. The molecular weight excluding hydrogens is 300 g/mol. The summed E-state index contributed by atoms with van der Waals surface area (Å²) >= 11 is 0. The number of ether oxygens (including phenoxy) is 2. The summed E-state index contributed by atoms with van der Waals surface area (Å²) in [5.74, 6) is 0.481. The number of aliphatic hydroxyl groups excluding tert-OH is 1. The first-order valence-corrected chi connectivity index (χ1v) is 7.39. The molecule has 0 spiro atoms. The Morgan fingerprint density at radius 1 is 1.30 bits per heavy atom. The standard InChI is InChI=1S/C16H22N2O5/c1-10(20)17-14-8-18(7-11(14)9-19)16(21)13-5-4-12(22-2)6-15(13)23-3/h4-6,11,14,19H,7-9H2,1-3H3,(H,17,20)/t11-,14+/m0/s1. The predicted molar refractivity (Wildman–Crippen MR) is 83.6 cm³/mol. The van der Waals surface area contributed by atoms with Crippen molar-refractivity contribution in [1.82, 2.24) is 10.2 Å². The largest absolute Gasteiger partial charge is 0.497 e. The van der Waals surface area contributed by atoms with Crippen molar-refractivity contribution >= 4 is 11.8 Å². The Bertz CT molecular complexity index is 590. The number of nitrogens with zero attached hydrogens (tertiary/aromatic N) is 1. The minimum atomic E-state index is -0.245. The van der Waals surface area contributed by atoms with Gasteiger partial charge in [-0.3, -0.25) is 9.59 Å². The normalized spacial score (nSPS) is 20.3. The van der Waals surface area contributed by atoms with Crippen LogP contribution in [0.5, 0.6) is 11.5 Å². The summed E-state index contributed by atoms with van der Waals surface area (Å²) in [7, 11) is 3.03. The molecule has 126 valence electrons. The molecule has 1 aromatic rings. The van der Waals surface area contributed by atoms with Gasteiger partial charge in [0.2, 0.25) is 5.91 Å². The Labute approximate surface area is 135 Å². The zero-order valence-electron chi connectivity index (χ0n) is 13.5. The van der Waals surface area contributed by atoms with Crippen LogP contribution in [0.25, 0.3) is 0 Å². The summed E-state index contributed by atoms with van der Waals surface area (Å²) in [5.41, 5.74) is 0.425. The summed E-state index contributed by atoms with van der Waals surface area (Å²) in [6, 6.07) is 4.75. The van der Waals surface area contributed by atoms with Gasteiger partial charge in [-0.2, -0.15) is 0 Å². The van der Waals surface area contributed by atoms with Crippen LogP contribution in [-0.4, -0.2) is 61.8 Å². The fourth-order valence-electron chi connectivity index (χ4n) is 2.79. The third kappa shape index (κ3) is 3.73. The number of amides is 2. The van der Waals surface area contributed by atoms with Crippen LogP contribution in [0.1, 0.15) is 17.3 Å². The first kappa shape index (κ1) is 17.1. The third-order valence-electron chi connectivity index (χ3n) is 3.99. The zero-order valence-corrected chi connectivity index (χ0v) is 13.5. The van der Waals surface area contributed by atoms with Crippen molar-refractivity contribution < 1.29 is 24.2 Å². The van der Waals surface area contributed by atoms with Gasteiger partial charge in [0.15, 0.2) is 0 Å². The summed E-state index contributed by atoms with van der Waals surface area (Å²) < 4.78 is 10.4. The maximum absolute atomic E-state index is 12.7. The molecule has 0 bridgehead atoms. The van der Waals surface area contributed by atoms with E-state index in [1.165, 1.54) is 14.0 Å². The fourth-order valence-corrected chi connectivity index (χ4v) is 2.79. The van der Waals surface area contributed by atoms with Gasteiger partial charge in [-0.15, -0.1) is 0 Å². The van der Waals surface area contributed by atoms with E-state index in [0.717, 1.165) is 0 Å². The molecule has 2 atom stereocenters. The number of hydrogen-bond donors (Lipinski definition) is 2. The first-order chi connectivity index (χ1) is 11.0. The highest BCUT2D eigenvalue weighted by atomic mass is 16.5. The van der Waals surface area contributed by atoms with Crippen LogP contribution < -0.4 is 14.8 Å². The number of rotatable bonds is 5. The van der Waals surface area contributed by atoms with Gasteiger partial charge in [0.05, 0.1) is 25.8 Å². The average Bonchev–Trinajstić information content (AvgIpc) is 2.95. The highest BCUT2D eigenvalue weighted by Gasteiger charge is 2.36. The second-order valence-corrected chi connectivity index (χ2v) is 5.53. The number of carbonyl (C=O) groups is 2. The molecule has 0 radical (unpaired) electrons. The highest BCUT2D eigenvalue weighted by molar-refractivity contribution is 5.97. The predicted octanol–water partition coefficient (Wildman–Crippen LogP) is 0.273. The fraction of sp³-hybridized carbons (Fsp3) is 0.500. The molecule has 0 saturated carbocycles. The Morgan fingerprint density at radius 2 is 2.04 bits per heavy atom. The SMILES string of the molecule is COc1ccc(C(=O)N2C[C@@H](CO)[C@H](NC(C)=O)C2)c(OC)c1. The van der Waals surface area contributed by atoms with Crippen LogP contribution in [0.2, 0.25) is 0 Å². The van der Waals surface area contributed by atoms with E-state index in [1.807, 2.05) is 0 Å². The number of carbonyl (C=O) groups excluding carboxylic acids is 2. The maximum atomic E-state index is 12.7. The Balaban J connectivity index is 2.19. The van der Waals surface area contributed by atoms with Gasteiger partial charge in [0.1, 0.15) is 11.5 Å². The van der Waals surface area contributed by atoms with E-state index in [4.69, 9.17) is 9.47 Å². The number of methoxy groups -OCH3 is 2. The van der Waals surface area contributed by atoms with Crippen molar-refractivity contribution in [3.63, 3.8) is 0 Å². The van der Waals surface area contributed by atoms with Crippen LogP contribution in [-0.2, 0) is 4.79 Å². The van der Waals surface area contributed by atoms with Crippen molar-refractivity contribution in [2.75, 3.05) is 33.9 Å². The number of aliphatic hydroxyl groups is 1. The van der Waals surface area contributed by atoms with E-state index < -0.39 is 0 Å². The van der Waals surface area contributed by atoms with Crippen molar-refractivity contribution in [3.8, 4) is 11.5 Å². The van der Waals surface area contributed by atoms with Crippen LogP contribution in [0.15, 0.2) is 18.2 Å². The molecule has 0 unspecified atom stereocenters. The summed E-state index contributed by atoms with van der Waals surface area (Å²) in [4.78, 5) is 25.6. The summed E-state index contributed by atoms with van der Waals surface area (Å²) in [6.45, 7) is 2.08. The monoisotopic (exact) mass is 322 g/mol. The van der Waals surface area contributed by atoms with E-state index in [1.54, 1.807) is 30.2 Å². The van der Waals surface area contributed by atoms with Gasteiger partial charge in [-0.25, -0.2) is 0 Å². The molecule has 0 aliphatic carbocycles. The zero-order chi connectivity index (χ0) is 17.0. The lowest BCUT2D eigenvalue weighted by Crippen LogP contribution is -2.40. The quantitative estimate of drug-likeness (QED) is 0.812. The lowest BCUT2D eigenvalue weighted by atomic mass is 10.1. The average molecular weight is 322 g/mol. The van der Waals surface area contributed by atoms with Crippen LogP contribution in [0.4, 0.5) is 0 Å². The van der Waals surface area contributed by atoms with Gasteiger partial charge in [-0.05, 0) is 12.1 Å². The summed E-state index contributed by atoms with van der Waals surface area (Å²) in [5, 5.41) is 12.2. The van der Waals surface area contributed by atoms with Crippen LogP contribution in [0, 0.1) is 5.92 Å². The van der Waals surface area contributed by atoms with Crippen LogP contribution >= 0.6 is 0 Å². The molecule has 2 N–H and O–H groups in total. The second-order valence-electron chi connectivity index (χ2n) is 5.53. The lowest BCUT2D eigenvalue weighted by molar-refractivity contribution is -0.119. The van der Waals surface area contributed by atoms with Crippen molar-refractivity contribution in [2.24, 2.45) is 5.92 Å². The van der Waals surface area contributed by atoms with E-state index in [9.17, 15) is 14.7 Å². The second kappa shape index (κ2) is 7.32.